The Bertz CT molecular complexity index is 774. The lowest BCUT2D eigenvalue weighted by molar-refractivity contribution is 0.0955. The fourth-order valence-corrected chi connectivity index (χ4v) is 3.13. The zero-order valence-corrected chi connectivity index (χ0v) is 14.4. The molecule has 6 nitrogen and oxygen atoms in total. The summed E-state index contributed by atoms with van der Waals surface area (Å²) in [7, 11) is -1.91. The molecule has 2 rings (SSSR count). The van der Waals surface area contributed by atoms with E-state index in [2.05, 4.69) is 5.32 Å². The van der Waals surface area contributed by atoms with Crippen LogP contribution in [0.25, 0.3) is 0 Å². The number of sulfonamides is 1. The summed E-state index contributed by atoms with van der Waals surface area (Å²) in [5.74, 6) is 0.406. The van der Waals surface area contributed by atoms with E-state index in [1.54, 1.807) is 55.6 Å². The summed E-state index contributed by atoms with van der Waals surface area (Å²) < 4.78 is 30.3. The van der Waals surface area contributed by atoms with Crippen LogP contribution in [0.15, 0.2) is 54.6 Å². The minimum Gasteiger partial charge on any atom is -0.497 e. The Morgan fingerprint density at radius 3 is 2.25 bits per heavy atom. The van der Waals surface area contributed by atoms with Gasteiger partial charge < -0.3 is 10.1 Å². The lowest BCUT2D eigenvalue weighted by Gasteiger charge is -2.22. The Hall–Kier alpha value is -2.54. The van der Waals surface area contributed by atoms with Gasteiger partial charge in [0.1, 0.15) is 5.75 Å². The summed E-state index contributed by atoms with van der Waals surface area (Å²) >= 11 is 0. The molecule has 0 saturated heterocycles. The van der Waals surface area contributed by atoms with E-state index in [4.69, 9.17) is 4.74 Å². The SMILES string of the molecule is COc1ccc(N(CCNC(=O)c2ccccc2)S(C)(=O)=O)cc1. The molecule has 0 fully saturated rings. The van der Waals surface area contributed by atoms with E-state index in [-0.39, 0.29) is 19.0 Å². The van der Waals surface area contributed by atoms with E-state index in [0.29, 0.717) is 17.0 Å². The van der Waals surface area contributed by atoms with Gasteiger partial charge in [0.25, 0.3) is 5.91 Å². The number of nitrogens with one attached hydrogen (secondary N) is 1. The number of carbonyl (C=O) groups excluding carboxylic acids is 1. The molecular formula is C17H20N2O4S. The molecule has 0 aromatic heterocycles. The van der Waals surface area contributed by atoms with Gasteiger partial charge in [0.15, 0.2) is 0 Å². The molecular weight excluding hydrogens is 328 g/mol. The number of ether oxygens (including phenoxy) is 1. The van der Waals surface area contributed by atoms with Crippen molar-refractivity contribution in [3.8, 4) is 5.75 Å². The van der Waals surface area contributed by atoms with Crippen LogP contribution in [-0.4, -0.2) is 40.8 Å². The minimum atomic E-state index is -3.46. The van der Waals surface area contributed by atoms with Crippen molar-refractivity contribution in [1.82, 2.24) is 5.32 Å². The van der Waals surface area contributed by atoms with E-state index < -0.39 is 10.0 Å². The number of methoxy groups -OCH3 is 1. The van der Waals surface area contributed by atoms with Crippen LogP contribution in [-0.2, 0) is 10.0 Å². The van der Waals surface area contributed by atoms with Crippen molar-refractivity contribution >= 4 is 21.6 Å². The van der Waals surface area contributed by atoms with Gasteiger partial charge in [-0.05, 0) is 36.4 Å². The molecule has 0 saturated carbocycles. The lowest BCUT2D eigenvalue weighted by atomic mass is 10.2. The molecule has 0 atom stereocenters. The maximum atomic E-state index is 12.0. The molecule has 0 aliphatic heterocycles. The number of amides is 1. The Kier molecular flexibility index (Phi) is 5.81. The Morgan fingerprint density at radius 1 is 1.08 bits per heavy atom. The van der Waals surface area contributed by atoms with Crippen molar-refractivity contribution in [3.63, 3.8) is 0 Å². The van der Waals surface area contributed by atoms with Crippen molar-refractivity contribution in [2.45, 2.75) is 0 Å². The first-order valence-electron chi connectivity index (χ1n) is 7.37. The van der Waals surface area contributed by atoms with E-state index in [9.17, 15) is 13.2 Å². The summed E-state index contributed by atoms with van der Waals surface area (Å²) in [4.78, 5) is 12.0. The predicted molar refractivity (Wildman–Crippen MR) is 94.0 cm³/mol. The monoisotopic (exact) mass is 348 g/mol. The molecule has 24 heavy (non-hydrogen) atoms. The Morgan fingerprint density at radius 2 is 1.71 bits per heavy atom. The summed E-state index contributed by atoms with van der Waals surface area (Å²) in [5.41, 5.74) is 1.06. The number of hydrogen-bond donors (Lipinski definition) is 1. The lowest BCUT2D eigenvalue weighted by Crippen LogP contribution is -2.38. The number of hydrogen-bond acceptors (Lipinski definition) is 4. The van der Waals surface area contributed by atoms with Gasteiger partial charge >= 0.3 is 0 Å². The molecule has 2 aromatic rings. The smallest absolute Gasteiger partial charge is 0.251 e. The van der Waals surface area contributed by atoms with Crippen LogP contribution < -0.4 is 14.4 Å². The highest BCUT2D eigenvalue weighted by Gasteiger charge is 2.17. The first-order chi connectivity index (χ1) is 11.4. The first kappa shape index (κ1) is 17.8. The third-order valence-corrected chi connectivity index (χ3v) is 4.59. The molecule has 0 unspecified atom stereocenters. The number of rotatable bonds is 7. The summed E-state index contributed by atoms with van der Waals surface area (Å²) in [6, 6.07) is 15.5. The predicted octanol–water partition coefficient (Wildman–Crippen LogP) is 1.89. The quantitative estimate of drug-likeness (QED) is 0.829. The third kappa shape index (κ3) is 4.73. The van der Waals surface area contributed by atoms with Gasteiger partial charge in [-0.25, -0.2) is 8.42 Å². The van der Waals surface area contributed by atoms with Crippen LogP contribution in [0.3, 0.4) is 0 Å². The number of nitrogens with zero attached hydrogens (tertiary/aromatic N) is 1. The van der Waals surface area contributed by atoms with E-state index in [1.165, 1.54) is 4.31 Å². The molecule has 2 aromatic carbocycles. The Balaban J connectivity index is 2.03. The first-order valence-corrected chi connectivity index (χ1v) is 9.21. The highest BCUT2D eigenvalue weighted by molar-refractivity contribution is 7.92. The summed E-state index contributed by atoms with van der Waals surface area (Å²) in [6.07, 6.45) is 1.14. The fourth-order valence-electron chi connectivity index (χ4n) is 2.20. The second kappa shape index (κ2) is 7.83. The fraction of sp³-hybridized carbons (Fsp3) is 0.235. The zero-order chi connectivity index (χ0) is 17.6. The normalized spacial score (nSPS) is 10.9. The molecule has 0 radical (unpaired) electrons. The van der Waals surface area contributed by atoms with Crippen LogP contribution in [0.5, 0.6) is 5.75 Å². The van der Waals surface area contributed by atoms with Gasteiger partial charge in [-0.1, -0.05) is 18.2 Å². The molecule has 7 heteroatoms. The standard InChI is InChI=1S/C17H20N2O4S/c1-23-16-10-8-15(9-11-16)19(24(2,21)22)13-12-18-17(20)14-6-4-3-5-7-14/h3-11H,12-13H2,1-2H3,(H,18,20). The van der Waals surface area contributed by atoms with Gasteiger partial charge in [0.2, 0.25) is 10.0 Å². The van der Waals surface area contributed by atoms with Crippen molar-refractivity contribution in [2.24, 2.45) is 0 Å². The van der Waals surface area contributed by atoms with Crippen molar-refractivity contribution in [2.75, 3.05) is 30.8 Å². The molecule has 128 valence electrons. The summed E-state index contributed by atoms with van der Waals surface area (Å²) in [6.45, 7) is 0.344. The molecule has 1 N–H and O–H groups in total. The average molecular weight is 348 g/mol. The van der Waals surface area contributed by atoms with Crippen molar-refractivity contribution in [1.29, 1.82) is 0 Å². The topological polar surface area (TPSA) is 75.7 Å². The van der Waals surface area contributed by atoms with E-state index >= 15 is 0 Å². The van der Waals surface area contributed by atoms with Crippen LogP contribution in [0, 0.1) is 0 Å². The largest absolute Gasteiger partial charge is 0.497 e. The highest BCUT2D eigenvalue weighted by Crippen LogP contribution is 2.21. The second-order valence-corrected chi connectivity index (χ2v) is 7.06. The minimum absolute atomic E-state index is 0.143. The molecule has 0 bridgehead atoms. The van der Waals surface area contributed by atoms with Crippen LogP contribution in [0.4, 0.5) is 5.69 Å². The molecule has 0 aliphatic carbocycles. The molecule has 0 spiro atoms. The molecule has 0 aliphatic rings. The van der Waals surface area contributed by atoms with Crippen LogP contribution in [0.2, 0.25) is 0 Å². The third-order valence-electron chi connectivity index (χ3n) is 3.40. The van der Waals surface area contributed by atoms with Gasteiger partial charge in [0.05, 0.1) is 25.6 Å². The zero-order valence-electron chi connectivity index (χ0n) is 13.6. The number of carbonyl (C=O) groups is 1. The maximum Gasteiger partial charge on any atom is 0.251 e. The molecule has 0 heterocycles. The van der Waals surface area contributed by atoms with E-state index in [1.807, 2.05) is 6.07 Å². The van der Waals surface area contributed by atoms with Crippen LogP contribution >= 0.6 is 0 Å². The van der Waals surface area contributed by atoms with Gasteiger partial charge in [-0.15, -0.1) is 0 Å². The van der Waals surface area contributed by atoms with Gasteiger partial charge in [-0.2, -0.15) is 0 Å². The highest BCUT2D eigenvalue weighted by atomic mass is 32.2. The van der Waals surface area contributed by atoms with Gasteiger partial charge in [0, 0.05) is 12.1 Å². The number of anilines is 1. The Labute approximate surface area is 142 Å². The van der Waals surface area contributed by atoms with Crippen molar-refractivity contribution < 1.29 is 17.9 Å². The van der Waals surface area contributed by atoms with Gasteiger partial charge in [-0.3, -0.25) is 9.10 Å². The van der Waals surface area contributed by atoms with Crippen molar-refractivity contribution in [3.05, 3.63) is 60.2 Å². The molecule has 1 amide bonds. The summed E-state index contributed by atoms with van der Waals surface area (Å²) in [5, 5.41) is 2.72. The van der Waals surface area contributed by atoms with Crippen LogP contribution in [0.1, 0.15) is 10.4 Å². The average Bonchev–Trinajstić information content (AvgIpc) is 2.58. The number of benzene rings is 2. The van der Waals surface area contributed by atoms with E-state index in [0.717, 1.165) is 6.26 Å². The second-order valence-electron chi connectivity index (χ2n) is 5.16. The maximum absolute atomic E-state index is 12.0.